The van der Waals surface area contributed by atoms with Crippen LogP contribution < -0.4 is 16.0 Å². The van der Waals surface area contributed by atoms with E-state index in [0.717, 1.165) is 5.56 Å². The monoisotopic (exact) mass is 321 g/mol. The second-order valence-corrected chi connectivity index (χ2v) is 5.78. The van der Waals surface area contributed by atoms with Gasteiger partial charge >= 0.3 is 12.0 Å². The lowest BCUT2D eigenvalue weighted by atomic mass is 9.92. The number of benzene rings is 1. The van der Waals surface area contributed by atoms with E-state index in [1.165, 1.54) is 12.1 Å². The highest BCUT2D eigenvalue weighted by Gasteiger charge is 2.27. The zero-order valence-corrected chi connectivity index (χ0v) is 13.6. The number of aromatic carboxylic acids is 1. The summed E-state index contributed by atoms with van der Waals surface area (Å²) in [4.78, 5) is 34.3. The molecule has 0 unspecified atom stereocenters. The molecule has 1 aromatic carbocycles. The molecule has 0 saturated heterocycles. The third-order valence-corrected chi connectivity index (χ3v) is 3.30. The van der Waals surface area contributed by atoms with Crippen molar-refractivity contribution in [3.05, 3.63) is 35.4 Å². The topological polar surface area (TPSA) is 108 Å². The number of hydrogen-bond donors (Lipinski definition) is 4. The third kappa shape index (κ3) is 5.98. The van der Waals surface area contributed by atoms with Crippen molar-refractivity contribution in [2.45, 2.75) is 27.3 Å². The van der Waals surface area contributed by atoms with Gasteiger partial charge < -0.3 is 21.1 Å². The Morgan fingerprint density at radius 2 is 1.65 bits per heavy atom. The first kappa shape index (κ1) is 18.5. The van der Waals surface area contributed by atoms with Gasteiger partial charge in [0.15, 0.2) is 0 Å². The number of carboxylic acids is 1. The molecule has 0 heterocycles. The molecule has 0 aliphatic carbocycles. The summed E-state index contributed by atoms with van der Waals surface area (Å²) in [6.07, 6.45) is 0. The Hall–Kier alpha value is -2.57. The van der Waals surface area contributed by atoms with Crippen molar-refractivity contribution in [3.8, 4) is 0 Å². The summed E-state index contributed by atoms with van der Waals surface area (Å²) >= 11 is 0. The Bertz CT molecular complexity index is 567. The second kappa shape index (κ2) is 8.17. The summed E-state index contributed by atoms with van der Waals surface area (Å²) in [5, 5.41) is 16.9. The maximum Gasteiger partial charge on any atom is 0.335 e. The molecule has 0 spiro atoms. The van der Waals surface area contributed by atoms with E-state index in [2.05, 4.69) is 16.0 Å². The summed E-state index contributed by atoms with van der Waals surface area (Å²) in [5.74, 6) is -1.11. The van der Waals surface area contributed by atoms with Gasteiger partial charge in [0.05, 0.1) is 11.0 Å². The predicted octanol–water partition coefficient (Wildman–Crippen LogP) is 1.35. The van der Waals surface area contributed by atoms with E-state index < -0.39 is 11.4 Å². The number of nitrogens with one attached hydrogen (secondary N) is 3. The Kier molecular flexibility index (Phi) is 6.56. The Labute approximate surface area is 135 Å². The molecule has 0 aromatic heterocycles. The molecule has 0 radical (unpaired) electrons. The fourth-order valence-corrected chi connectivity index (χ4v) is 1.79. The van der Waals surface area contributed by atoms with Crippen molar-refractivity contribution in [3.63, 3.8) is 0 Å². The van der Waals surface area contributed by atoms with Crippen molar-refractivity contribution in [1.82, 2.24) is 16.0 Å². The lowest BCUT2D eigenvalue weighted by Gasteiger charge is -2.23. The number of amides is 3. The molecular formula is C16H23N3O4. The fourth-order valence-electron chi connectivity index (χ4n) is 1.79. The zero-order chi connectivity index (χ0) is 17.5. The minimum atomic E-state index is -0.991. The molecule has 0 bridgehead atoms. The number of rotatable bonds is 7. The molecule has 0 aliphatic heterocycles. The minimum absolute atomic E-state index is 0.121. The van der Waals surface area contributed by atoms with Crippen molar-refractivity contribution in [2.75, 3.05) is 13.1 Å². The van der Waals surface area contributed by atoms with Crippen molar-refractivity contribution in [2.24, 2.45) is 5.41 Å². The molecule has 7 nitrogen and oxygen atoms in total. The number of hydrogen-bond acceptors (Lipinski definition) is 3. The van der Waals surface area contributed by atoms with Gasteiger partial charge in [-0.25, -0.2) is 9.59 Å². The van der Waals surface area contributed by atoms with E-state index in [0.29, 0.717) is 6.54 Å². The van der Waals surface area contributed by atoms with Gasteiger partial charge in [0, 0.05) is 19.6 Å². The average Bonchev–Trinajstić information content (AvgIpc) is 2.51. The first-order valence-electron chi connectivity index (χ1n) is 7.38. The van der Waals surface area contributed by atoms with Crippen LogP contribution in [0.2, 0.25) is 0 Å². The first-order valence-corrected chi connectivity index (χ1v) is 7.38. The average molecular weight is 321 g/mol. The van der Waals surface area contributed by atoms with Crippen molar-refractivity contribution >= 4 is 17.9 Å². The van der Waals surface area contributed by atoms with Crippen molar-refractivity contribution in [1.29, 1.82) is 0 Å². The van der Waals surface area contributed by atoms with Gasteiger partial charge in [-0.2, -0.15) is 0 Å². The highest BCUT2D eigenvalue weighted by Crippen LogP contribution is 2.13. The molecule has 7 heteroatoms. The summed E-state index contributed by atoms with van der Waals surface area (Å²) < 4.78 is 0. The predicted molar refractivity (Wildman–Crippen MR) is 86.1 cm³/mol. The standard InChI is InChI=1S/C16H23N3O4/c1-4-17-14(22)16(2,3)10-19-15(23)18-9-11-5-7-12(8-6-11)13(20)21/h5-8H,4,9-10H2,1-3H3,(H,17,22)(H,20,21)(H2,18,19,23). The van der Waals surface area contributed by atoms with Crippen LogP contribution in [0.3, 0.4) is 0 Å². The van der Waals surface area contributed by atoms with Crippen molar-refractivity contribution < 1.29 is 19.5 Å². The van der Waals surface area contributed by atoms with Gasteiger partial charge in [-0.3, -0.25) is 4.79 Å². The summed E-state index contributed by atoms with van der Waals surface area (Å²) in [6.45, 7) is 6.37. The van der Waals surface area contributed by atoms with Crippen LogP contribution in [0.25, 0.3) is 0 Å². The molecule has 0 atom stereocenters. The van der Waals surface area contributed by atoms with Crippen LogP contribution in [0, 0.1) is 5.41 Å². The molecule has 1 rings (SSSR count). The lowest BCUT2D eigenvalue weighted by Crippen LogP contribution is -2.47. The SMILES string of the molecule is CCNC(=O)C(C)(C)CNC(=O)NCc1ccc(C(=O)O)cc1. The maximum atomic E-state index is 11.8. The zero-order valence-electron chi connectivity index (χ0n) is 13.6. The Balaban J connectivity index is 2.42. The summed E-state index contributed by atoms with van der Waals surface area (Å²) in [7, 11) is 0. The number of carboxylic acid groups (broad SMARTS) is 1. The normalized spacial score (nSPS) is 10.7. The number of carbonyl (C=O) groups is 3. The first-order chi connectivity index (χ1) is 10.8. The van der Waals surface area contributed by atoms with Gasteiger partial charge in [0.2, 0.25) is 5.91 Å². The molecule has 126 valence electrons. The van der Waals surface area contributed by atoms with Gasteiger partial charge in [-0.15, -0.1) is 0 Å². The molecule has 1 aromatic rings. The quantitative estimate of drug-likeness (QED) is 0.608. The van der Waals surface area contributed by atoms with Gasteiger partial charge in [0.25, 0.3) is 0 Å². The molecule has 0 saturated carbocycles. The van der Waals surface area contributed by atoms with Crippen LogP contribution in [-0.2, 0) is 11.3 Å². The molecular weight excluding hydrogens is 298 g/mol. The third-order valence-electron chi connectivity index (χ3n) is 3.30. The Morgan fingerprint density at radius 1 is 1.04 bits per heavy atom. The van der Waals surface area contributed by atoms with E-state index in [-0.39, 0.29) is 30.6 Å². The fraction of sp³-hybridized carbons (Fsp3) is 0.438. The highest BCUT2D eigenvalue weighted by atomic mass is 16.4. The largest absolute Gasteiger partial charge is 0.478 e. The lowest BCUT2D eigenvalue weighted by molar-refractivity contribution is -0.128. The van der Waals surface area contributed by atoms with E-state index >= 15 is 0 Å². The second-order valence-electron chi connectivity index (χ2n) is 5.78. The van der Waals surface area contributed by atoms with Crippen LogP contribution in [0.15, 0.2) is 24.3 Å². The van der Waals surface area contributed by atoms with Crippen LogP contribution >= 0.6 is 0 Å². The van der Waals surface area contributed by atoms with Gasteiger partial charge in [0.1, 0.15) is 0 Å². The van der Waals surface area contributed by atoms with E-state index in [1.54, 1.807) is 26.0 Å². The van der Waals surface area contributed by atoms with E-state index in [1.807, 2.05) is 6.92 Å². The summed E-state index contributed by atoms with van der Waals surface area (Å²) in [5.41, 5.74) is 0.284. The molecule has 0 aliphatic rings. The molecule has 4 N–H and O–H groups in total. The van der Waals surface area contributed by atoms with Gasteiger partial charge in [-0.1, -0.05) is 12.1 Å². The Morgan fingerprint density at radius 3 is 2.17 bits per heavy atom. The number of carbonyl (C=O) groups excluding carboxylic acids is 2. The van der Waals surface area contributed by atoms with E-state index in [4.69, 9.17) is 5.11 Å². The summed E-state index contributed by atoms with van der Waals surface area (Å²) in [6, 6.07) is 5.86. The van der Waals surface area contributed by atoms with Crippen LogP contribution in [-0.4, -0.2) is 36.1 Å². The smallest absolute Gasteiger partial charge is 0.335 e. The minimum Gasteiger partial charge on any atom is -0.478 e. The van der Waals surface area contributed by atoms with Crippen LogP contribution in [0.1, 0.15) is 36.7 Å². The molecule has 3 amide bonds. The van der Waals surface area contributed by atoms with Crippen LogP contribution in [0.4, 0.5) is 4.79 Å². The van der Waals surface area contributed by atoms with Crippen LogP contribution in [0.5, 0.6) is 0 Å². The molecule has 0 fully saturated rings. The molecule has 23 heavy (non-hydrogen) atoms. The van der Waals surface area contributed by atoms with Gasteiger partial charge in [-0.05, 0) is 38.5 Å². The highest BCUT2D eigenvalue weighted by molar-refractivity contribution is 5.87. The van der Waals surface area contributed by atoms with E-state index in [9.17, 15) is 14.4 Å². The maximum absolute atomic E-state index is 11.8. The number of urea groups is 1.